The fourth-order valence-electron chi connectivity index (χ4n) is 3.01. The van der Waals surface area contributed by atoms with Crippen LogP contribution >= 0.6 is 0 Å². The van der Waals surface area contributed by atoms with E-state index >= 15 is 0 Å². The molecule has 4 N–H and O–H groups in total. The molecule has 0 unspecified atom stereocenters. The van der Waals surface area contributed by atoms with Crippen LogP contribution in [0.15, 0.2) is 4.99 Å². The molecule has 2 fully saturated rings. The molecule has 0 aliphatic heterocycles. The van der Waals surface area contributed by atoms with E-state index in [1.807, 2.05) is 0 Å². The summed E-state index contributed by atoms with van der Waals surface area (Å²) in [5.74, 6) is 6.65. The van der Waals surface area contributed by atoms with Gasteiger partial charge in [0.05, 0.1) is 6.04 Å². The van der Waals surface area contributed by atoms with Crippen LogP contribution < -0.4 is 11.6 Å². The largest absolute Gasteiger partial charge is 0.369 e. The summed E-state index contributed by atoms with van der Waals surface area (Å²) >= 11 is 0. The lowest BCUT2D eigenvalue weighted by atomic mass is 9.95. The first kappa shape index (κ1) is 12.7. The van der Waals surface area contributed by atoms with Crippen molar-refractivity contribution in [3.8, 4) is 0 Å². The van der Waals surface area contributed by atoms with E-state index < -0.39 is 0 Å². The number of guanidine groups is 1. The highest BCUT2D eigenvalue weighted by Crippen LogP contribution is 2.22. The molecule has 4 heteroatoms. The van der Waals surface area contributed by atoms with Crippen LogP contribution in [0.25, 0.3) is 0 Å². The summed E-state index contributed by atoms with van der Waals surface area (Å²) in [5.41, 5.74) is 6.03. The van der Waals surface area contributed by atoms with Crippen molar-refractivity contribution in [2.75, 3.05) is 0 Å². The predicted molar refractivity (Wildman–Crippen MR) is 71.4 cm³/mol. The maximum atomic E-state index is 6.09. The molecule has 2 aliphatic carbocycles. The van der Waals surface area contributed by atoms with Crippen molar-refractivity contribution < 1.29 is 0 Å². The van der Waals surface area contributed by atoms with Crippen LogP contribution in [-0.2, 0) is 0 Å². The molecular formula is C13H26N4. The summed E-state index contributed by atoms with van der Waals surface area (Å²) < 4.78 is 0. The molecule has 0 aromatic rings. The highest BCUT2D eigenvalue weighted by Gasteiger charge is 2.21. The predicted octanol–water partition coefficient (Wildman–Crippen LogP) is 2.14. The zero-order chi connectivity index (χ0) is 12.1. The van der Waals surface area contributed by atoms with Crippen molar-refractivity contribution in [2.45, 2.75) is 76.3 Å². The Balaban J connectivity index is 1.87. The van der Waals surface area contributed by atoms with E-state index in [2.05, 4.69) is 4.99 Å². The molecule has 0 heterocycles. The molecule has 2 aliphatic rings. The van der Waals surface area contributed by atoms with Crippen LogP contribution in [0.1, 0.15) is 64.2 Å². The van der Waals surface area contributed by atoms with E-state index in [-0.39, 0.29) is 0 Å². The maximum absolute atomic E-state index is 6.09. The third kappa shape index (κ3) is 3.60. The zero-order valence-electron chi connectivity index (χ0n) is 10.8. The van der Waals surface area contributed by atoms with Gasteiger partial charge >= 0.3 is 0 Å². The van der Waals surface area contributed by atoms with Gasteiger partial charge in [-0.1, -0.05) is 38.5 Å². The first-order valence-corrected chi connectivity index (χ1v) is 7.14. The van der Waals surface area contributed by atoms with Crippen molar-refractivity contribution in [2.24, 2.45) is 16.6 Å². The van der Waals surface area contributed by atoms with Gasteiger partial charge in [-0.25, -0.2) is 10.8 Å². The van der Waals surface area contributed by atoms with Crippen LogP contribution in [0.4, 0.5) is 0 Å². The molecule has 0 spiro atoms. The van der Waals surface area contributed by atoms with Crippen LogP contribution in [0.2, 0.25) is 0 Å². The van der Waals surface area contributed by atoms with Crippen molar-refractivity contribution >= 4 is 5.96 Å². The van der Waals surface area contributed by atoms with Gasteiger partial charge in [0.1, 0.15) is 0 Å². The Morgan fingerprint density at radius 3 is 2.00 bits per heavy atom. The Morgan fingerprint density at radius 1 is 0.882 bits per heavy atom. The number of hydrogen-bond acceptors (Lipinski definition) is 2. The van der Waals surface area contributed by atoms with E-state index in [9.17, 15) is 0 Å². The highest BCUT2D eigenvalue weighted by molar-refractivity contribution is 5.78. The molecule has 2 saturated carbocycles. The molecule has 4 nitrogen and oxygen atoms in total. The number of rotatable bonds is 2. The topological polar surface area (TPSA) is 67.6 Å². The van der Waals surface area contributed by atoms with Gasteiger partial charge in [-0.15, -0.1) is 0 Å². The van der Waals surface area contributed by atoms with E-state index in [0.29, 0.717) is 18.0 Å². The van der Waals surface area contributed by atoms with E-state index in [1.165, 1.54) is 51.4 Å². The van der Waals surface area contributed by atoms with Gasteiger partial charge in [0.15, 0.2) is 0 Å². The molecule has 17 heavy (non-hydrogen) atoms. The Labute approximate surface area is 104 Å². The standard InChI is InChI=1S/C13H26N4/c14-13(16-11-7-3-1-4-8-11)17(15)12-9-5-2-6-10-12/h11-12H,1-10,15H2,(H2,14,16). The SMILES string of the molecule is NC(=NC1CCCCC1)N(N)C1CCCCC1. The average Bonchev–Trinajstić information content (AvgIpc) is 2.40. The molecule has 0 atom stereocenters. The van der Waals surface area contributed by atoms with Crippen LogP contribution in [0.5, 0.6) is 0 Å². The fraction of sp³-hybridized carbons (Fsp3) is 0.923. The van der Waals surface area contributed by atoms with E-state index in [1.54, 1.807) is 5.01 Å². The number of nitrogens with two attached hydrogens (primary N) is 2. The van der Waals surface area contributed by atoms with Gasteiger partial charge in [-0.2, -0.15) is 0 Å². The molecule has 0 radical (unpaired) electrons. The Morgan fingerprint density at radius 2 is 1.41 bits per heavy atom. The molecule has 0 bridgehead atoms. The molecule has 2 rings (SSSR count). The lowest BCUT2D eigenvalue weighted by Gasteiger charge is -2.32. The molecule has 0 aromatic heterocycles. The lowest BCUT2D eigenvalue weighted by molar-refractivity contribution is 0.244. The Bertz CT molecular complexity index is 252. The summed E-state index contributed by atoms with van der Waals surface area (Å²) in [6.45, 7) is 0. The third-order valence-electron chi connectivity index (χ3n) is 4.12. The Kier molecular flexibility index (Phi) is 4.66. The number of hydrazine groups is 1. The molecular weight excluding hydrogens is 212 g/mol. The first-order valence-electron chi connectivity index (χ1n) is 7.14. The van der Waals surface area contributed by atoms with Gasteiger partial charge in [0.2, 0.25) is 5.96 Å². The number of nitrogens with zero attached hydrogens (tertiary/aromatic N) is 2. The quantitative estimate of drug-likeness (QED) is 0.335. The monoisotopic (exact) mass is 238 g/mol. The van der Waals surface area contributed by atoms with Crippen LogP contribution in [0, 0.1) is 0 Å². The van der Waals surface area contributed by atoms with E-state index in [0.717, 1.165) is 12.8 Å². The summed E-state index contributed by atoms with van der Waals surface area (Å²) in [4.78, 5) is 4.61. The van der Waals surface area contributed by atoms with Gasteiger partial charge in [-0.05, 0) is 25.7 Å². The Hall–Kier alpha value is -0.770. The molecule has 0 amide bonds. The summed E-state index contributed by atoms with van der Waals surface area (Å²) in [6.07, 6.45) is 12.5. The van der Waals surface area contributed by atoms with Crippen molar-refractivity contribution in [3.63, 3.8) is 0 Å². The summed E-state index contributed by atoms with van der Waals surface area (Å²) in [7, 11) is 0. The molecule has 0 aromatic carbocycles. The third-order valence-corrected chi connectivity index (χ3v) is 4.12. The molecule has 98 valence electrons. The average molecular weight is 238 g/mol. The first-order chi connectivity index (χ1) is 8.27. The number of aliphatic imine (C=N–C) groups is 1. The summed E-state index contributed by atoms with van der Waals surface area (Å²) in [6, 6.07) is 0.828. The second kappa shape index (κ2) is 6.24. The minimum Gasteiger partial charge on any atom is -0.369 e. The number of hydrogen-bond donors (Lipinski definition) is 2. The minimum atomic E-state index is 0.413. The van der Waals surface area contributed by atoms with Crippen molar-refractivity contribution in [1.82, 2.24) is 5.01 Å². The van der Waals surface area contributed by atoms with E-state index in [4.69, 9.17) is 11.6 Å². The molecule has 0 saturated heterocycles. The maximum Gasteiger partial charge on any atom is 0.206 e. The second-order valence-corrected chi connectivity index (χ2v) is 5.48. The van der Waals surface area contributed by atoms with Gasteiger partial charge in [0, 0.05) is 6.04 Å². The van der Waals surface area contributed by atoms with Crippen molar-refractivity contribution in [3.05, 3.63) is 0 Å². The summed E-state index contributed by atoms with van der Waals surface area (Å²) in [5, 5.41) is 1.73. The zero-order valence-corrected chi connectivity index (χ0v) is 10.8. The van der Waals surface area contributed by atoms with Crippen LogP contribution in [-0.4, -0.2) is 23.1 Å². The fourth-order valence-corrected chi connectivity index (χ4v) is 3.01. The highest BCUT2D eigenvalue weighted by atomic mass is 15.5. The lowest BCUT2D eigenvalue weighted by Crippen LogP contribution is -2.50. The van der Waals surface area contributed by atoms with Crippen molar-refractivity contribution in [1.29, 1.82) is 0 Å². The van der Waals surface area contributed by atoms with Gasteiger partial charge < -0.3 is 5.73 Å². The normalized spacial score (nSPS) is 24.9. The second-order valence-electron chi connectivity index (χ2n) is 5.48. The van der Waals surface area contributed by atoms with Gasteiger partial charge in [-0.3, -0.25) is 5.01 Å². The minimum absolute atomic E-state index is 0.413. The van der Waals surface area contributed by atoms with Crippen LogP contribution in [0.3, 0.4) is 0 Å². The smallest absolute Gasteiger partial charge is 0.206 e. The van der Waals surface area contributed by atoms with Gasteiger partial charge in [0.25, 0.3) is 0 Å².